The van der Waals surface area contributed by atoms with E-state index in [9.17, 15) is 0 Å². The van der Waals surface area contributed by atoms with Gasteiger partial charge in [0.2, 0.25) is 0 Å². The van der Waals surface area contributed by atoms with Crippen molar-refractivity contribution in [3.63, 3.8) is 0 Å². The molecule has 0 amide bonds. The van der Waals surface area contributed by atoms with Gasteiger partial charge in [0.05, 0.1) is 7.11 Å². The van der Waals surface area contributed by atoms with Crippen molar-refractivity contribution in [1.82, 2.24) is 5.32 Å². The van der Waals surface area contributed by atoms with Crippen LogP contribution < -0.4 is 15.0 Å². The standard InChI is InChI=1S/C18H20N2OS/c1-13-11-15-5-3-4-6-17(15)20(13)18(22)19-12-14-7-9-16(21-2)10-8-14/h3-10,13H,11-12H2,1-2H3,(H,19,22). The van der Waals surface area contributed by atoms with E-state index in [1.54, 1.807) is 7.11 Å². The van der Waals surface area contributed by atoms with Crippen molar-refractivity contribution in [1.29, 1.82) is 0 Å². The maximum absolute atomic E-state index is 5.60. The Morgan fingerprint density at radius 3 is 2.68 bits per heavy atom. The molecule has 3 rings (SSSR count). The van der Waals surface area contributed by atoms with Crippen molar-refractivity contribution < 1.29 is 4.74 Å². The molecule has 0 saturated heterocycles. The number of benzene rings is 2. The Kier molecular flexibility index (Phi) is 4.29. The first-order valence-corrected chi connectivity index (χ1v) is 7.88. The van der Waals surface area contributed by atoms with Crippen LogP contribution in [0.15, 0.2) is 48.5 Å². The predicted molar refractivity (Wildman–Crippen MR) is 94.5 cm³/mol. The number of rotatable bonds is 3. The normalized spacial score (nSPS) is 16.3. The number of ether oxygens (including phenoxy) is 1. The lowest BCUT2D eigenvalue weighted by atomic mass is 10.1. The van der Waals surface area contributed by atoms with Crippen molar-refractivity contribution in [2.45, 2.75) is 25.9 Å². The van der Waals surface area contributed by atoms with Crippen molar-refractivity contribution >= 4 is 23.0 Å². The monoisotopic (exact) mass is 312 g/mol. The van der Waals surface area contributed by atoms with Crippen LogP contribution in [0.5, 0.6) is 5.75 Å². The molecule has 1 heterocycles. The average Bonchev–Trinajstić information content (AvgIpc) is 2.89. The molecule has 22 heavy (non-hydrogen) atoms. The van der Waals surface area contributed by atoms with E-state index in [0.717, 1.165) is 17.3 Å². The SMILES string of the molecule is COc1ccc(CNC(=S)N2c3ccccc3CC2C)cc1. The summed E-state index contributed by atoms with van der Waals surface area (Å²) in [5.74, 6) is 0.869. The zero-order valence-electron chi connectivity index (χ0n) is 12.9. The average molecular weight is 312 g/mol. The molecular weight excluding hydrogens is 292 g/mol. The highest BCUT2D eigenvalue weighted by Crippen LogP contribution is 2.31. The first kappa shape index (κ1) is 14.9. The molecule has 1 aliphatic rings. The maximum Gasteiger partial charge on any atom is 0.174 e. The van der Waals surface area contributed by atoms with Crippen LogP contribution in [0.25, 0.3) is 0 Å². The van der Waals surface area contributed by atoms with Gasteiger partial charge in [0, 0.05) is 18.3 Å². The van der Waals surface area contributed by atoms with Gasteiger partial charge in [-0.15, -0.1) is 0 Å². The summed E-state index contributed by atoms with van der Waals surface area (Å²) < 4.78 is 5.17. The minimum atomic E-state index is 0.397. The fourth-order valence-electron chi connectivity index (χ4n) is 2.88. The number of nitrogens with zero attached hydrogens (tertiary/aromatic N) is 1. The number of para-hydroxylation sites is 1. The van der Waals surface area contributed by atoms with Crippen molar-refractivity contribution in [2.75, 3.05) is 12.0 Å². The third-order valence-electron chi connectivity index (χ3n) is 4.03. The van der Waals surface area contributed by atoms with Gasteiger partial charge in [0.1, 0.15) is 5.75 Å². The minimum absolute atomic E-state index is 0.397. The Balaban J connectivity index is 1.67. The van der Waals surface area contributed by atoms with E-state index in [2.05, 4.69) is 53.5 Å². The molecule has 4 heteroatoms. The lowest BCUT2D eigenvalue weighted by Gasteiger charge is -2.26. The van der Waals surface area contributed by atoms with Crippen LogP contribution in [0.4, 0.5) is 5.69 Å². The number of anilines is 1. The third-order valence-corrected chi connectivity index (χ3v) is 4.37. The Morgan fingerprint density at radius 2 is 1.95 bits per heavy atom. The van der Waals surface area contributed by atoms with Gasteiger partial charge in [0.25, 0.3) is 0 Å². The van der Waals surface area contributed by atoms with Gasteiger partial charge >= 0.3 is 0 Å². The molecule has 0 aromatic heterocycles. The van der Waals surface area contributed by atoms with Gasteiger partial charge in [-0.05, 0) is 54.9 Å². The van der Waals surface area contributed by atoms with Crippen LogP contribution in [0.3, 0.4) is 0 Å². The van der Waals surface area contributed by atoms with Gasteiger partial charge < -0.3 is 15.0 Å². The summed E-state index contributed by atoms with van der Waals surface area (Å²) in [5.41, 5.74) is 3.77. The lowest BCUT2D eigenvalue weighted by Crippen LogP contribution is -2.42. The van der Waals surface area contributed by atoms with Crippen molar-refractivity contribution in [3.05, 3.63) is 59.7 Å². The minimum Gasteiger partial charge on any atom is -0.497 e. The fourth-order valence-corrected chi connectivity index (χ4v) is 3.23. The number of hydrogen-bond acceptors (Lipinski definition) is 2. The van der Waals surface area contributed by atoms with E-state index in [0.29, 0.717) is 12.6 Å². The van der Waals surface area contributed by atoms with E-state index in [-0.39, 0.29) is 0 Å². The number of thiocarbonyl (C=S) groups is 1. The van der Waals surface area contributed by atoms with Crippen LogP contribution >= 0.6 is 12.2 Å². The van der Waals surface area contributed by atoms with Crippen molar-refractivity contribution in [3.8, 4) is 5.75 Å². The molecule has 1 atom stereocenters. The molecule has 1 unspecified atom stereocenters. The Hall–Kier alpha value is -2.07. The maximum atomic E-state index is 5.60. The van der Waals surface area contributed by atoms with Crippen LogP contribution in [-0.2, 0) is 13.0 Å². The first-order chi connectivity index (χ1) is 10.7. The number of nitrogens with one attached hydrogen (secondary N) is 1. The molecule has 1 aliphatic heterocycles. The molecule has 0 bridgehead atoms. The van der Waals surface area contributed by atoms with Crippen LogP contribution in [0, 0.1) is 0 Å². The summed E-state index contributed by atoms with van der Waals surface area (Å²) in [4.78, 5) is 2.22. The molecule has 0 radical (unpaired) electrons. The van der Waals surface area contributed by atoms with Crippen LogP contribution in [0.2, 0.25) is 0 Å². The third kappa shape index (κ3) is 2.92. The second kappa shape index (κ2) is 6.36. The van der Waals surface area contributed by atoms with E-state index >= 15 is 0 Å². The van der Waals surface area contributed by atoms with Crippen LogP contribution in [-0.4, -0.2) is 18.3 Å². The first-order valence-electron chi connectivity index (χ1n) is 7.47. The second-order valence-electron chi connectivity index (χ2n) is 5.56. The highest BCUT2D eigenvalue weighted by atomic mass is 32.1. The van der Waals surface area contributed by atoms with E-state index in [1.807, 2.05) is 12.1 Å². The predicted octanol–water partition coefficient (Wildman–Crippen LogP) is 3.52. The number of hydrogen-bond donors (Lipinski definition) is 1. The zero-order chi connectivity index (χ0) is 15.5. The molecule has 114 valence electrons. The summed E-state index contributed by atoms with van der Waals surface area (Å²) in [6.07, 6.45) is 1.04. The molecule has 3 nitrogen and oxygen atoms in total. The summed E-state index contributed by atoms with van der Waals surface area (Å²) in [6.45, 7) is 2.93. The van der Waals surface area contributed by atoms with Gasteiger partial charge in [-0.1, -0.05) is 30.3 Å². The van der Waals surface area contributed by atoms with E-state index < -0.39 is 0 Å². The van der Waals surface area contributed by atoms with Crippen LogP contribution in [0.1, 0.15) is 18.1 Å². The zero-order valence-corrected chi connectivity index (χ0v) is 13.7. The number of methoxy groups -OCH3 is 1. The molecule has 0 saturated carbocycles. The van der Waals surface area contributed by atoms with E-state index in [1.165, 1.54) is 16.8 Å². The summed E-state index contributed by atoms with van der Waals surface area (Å²) >= 11 is 5.60. The quantitative estimate of drug-likeness (QED) is 0.877. The molecule has 0 spiro atoms. The smallest absolute Gasteiger partial charge is 0.174 e. The molecular formula is C18H20N2OS. The molecule has 0 fully saturated rings. The molecule has 1 N–H and O–H groups in total. The van der Waals surface area contributed by atoms with Crippen molar-refractivity contribution in [2.24, 2.45) is 0 Å². The van der Waals surface area contributed by atoms with E-state index in [4.69, 9.17) is 17.0 Å². The molecule has 2 aromatic carbocycles. The number of fused-ring (bicyclic) bond motifs is 1. The highest BCUT2D eigenvalue weighted by Gasteiger charge is 2.28. The molecule has 2 aromatic rings. The van der Waals surface area contributed by atoms with Gasteiger partial charge in [-0.25, -0.2) is 0 Å². The highest BCUT2D eigenvalue weighted by molar-refractivity contribution is 7.80. The fraction of sp³-hybridized carbons (Fsp3) is 0.278. The summed E-state index contributed by atoms with van der Waals surface area (Å²) in [5, 5.41) is 4.15. The second-order valence-corrected chi connectivity index (χ2v) is 5.95. The van der Waals surface area contributed by atoms with Gasteiger partial charge in [0.15, 0.2) is 5.11 Å². The summed E-state index contributed by atoms with van der Waals surface area (Å²) in [7, 11) is 1.68. The topological polar surface area (TPSA) is 24.5 Å². The largest absolute Gasteiger partial charge is 0.497 e. The van der Waals surface area contributed by atoms with Gasteiger partial charge in [-0.2, -0.15) is 0 Å². The Bertz CT molecular complexity index is 669. The Labute approximate surface area is 136 Å². The molecule has 0 aliphatic carbocycles. The Morgan fingerprint density at radius 1 is 1.23 bits per heavy atom. The lowest BCUT2D eigenvalue weighted by molar-refractivity contribution is 0.414. The van der Waals surface area contributed by atoms with Gasteiger partial charge in [-0.3, -0.25) is 0 Å². The summed E-state index contributed by atoms with van der Waals surface area (Å²) in [6, 6.07) is 16.9.